The molecule has 14 heavy (non-hydrogen) atoms. The van der Waals surface area contributed by atoms with Gasteiger partial charge in [0, 0.05) is 0 Å². The van der Waals surface area contributed by atoms with Crippen molar-refractivity contribution in [1.29, 1.82) is 0 Å². The maximum atomic E-state index is 2.51. The normalized spacial score (nSPS) is 46.9. The highest BCUT2D eigenvalue weighted by Crippen LogP contribution is 2.54. The number of hydrogen-bond donors (Lipinski definition) is 0. The van der Waals surface area contributed by atoms with Crippen molar-refractivity contribution in [3.05, 3.63) is 0 Å². The number of rotatable bonds is 3. The molecule has 0 aromatic rings. The van der Waals surface area contributed by atoms with Gasteiger partial charge in [0.15, 0.2) is 0 Å². The van der Waals surface area contributed by atoms with Crippen LogP contribution in [0.1, 0.15) is 59.3 Å². The molecule has 0 N–H and O–H groups in total. The first-order valence-electron chi connectivity index (χ1n) is 6.74. The van der Waals surface area contributed by atoms with Crippen molar-refractivity contribution in [2.24, 2.45) is 29.6 Å². The summed E-state index contributed by atoms with van der Waals surface area (Å²) >= 11 is 0. The average Bonchev–Trinajstić information content (AvgIpc) is 2.67. The fourth-order valence-electron chi connectivity index (χ4n) is 4.41. The Labute approximate surface area is 89.5 Å². The van der Waals surface area contributed by atoms with Gasteiger partial charge in [0.05, 0.1) is 0 Å². The Bertz CT molecular complexity index is 184. The van der Waals surface area contributed by atoms with Crippen molar-refractivity contribution in [2.75, 3.05) is 0 Å². The fraction of sp³-hybridized carbons (Fsp3) is 1.00. The lowest BCUT2D eigenvalue weighted by molar-refractivity contribution is 0.261. The lowest BCUT2D eigenvalue weighted by Crippen LogP contribution is -2.16. The fourth-order valence-corrected chi connectivity index (χ4v) is 4.41. The largest absolute Gasteiger partial charge is 0.0654 e. The van der Waals surface area contributed by atoms with E-state index in [0.29, 0.717) is 0 Å². The lowest BCUT2D eigenvalue weighted by atomic mass is 9.82. The lowest BCUT2D eigenvalue weighted by Gasteiger charge is -2.23. The summed E-state index contributed by atoms with van der Waals surface area (Å²) in [5.41, 5.74) is 0. The van der Waals surface area contributed by atoms with E-state index in [0.717, 1.165) is 29.6 Å². The number of unbranched alkanes of at least 4 members (excludes halogenated alkanes) is 1. The van der Waals surface area contributed by atoms with Gasteiger partial charge in [-0.2, -0.15) is 0 Å². The van der Waals surface area contributed by atoms with Gasteiger partial charge in [-0.3, -0.25) is 0 Å². The molecule has 2 rings (SSSR count). The monoisotopic (exact) mass is 194 g/mol. The molecule has 0 spiro atoms. The van der Waals surface area contributed by atoms with Crippen LogP contribution < -0.4 is 0 Å². The predicted octanol–water partition coefficient (Wildman–Crippen LogP) is 4.49. The third kappa shape index (κ3) is 1.73. The highest BCUT2D eigenvalue weighted by molar-refractivity contribution is 4.95. The zero-order chi connectivity index (χ0) is 10.1. The van der Waals surface area contributed by atoms with E-state index in [1.165, 1.54) is 25.7 Å². The van der Waals surface area contributed by atoms with Crippen molar-refractivity contribution < 1.29 is 0 Å². The molecule has 0 aliphatic heterocycles. The highest BCUT2D eigenvalue weighted by Gasteiger charge is 2.46. The van der Waals surface area contributed by atoms with Gasteiger partial charge in [-0.05, 0) is 48.9 Å². The van der Waals surface area contributed by atoms with Crippen LogP contribution in [0.3, 0.4) is 0 Å². The molecule has 2 aliphatic rings. The summed E-state index contributed by atoms with van der Waals surface area (Å²) in [7, 11) is 0. The van der Waals surface area contributed by atoms with Gasteiger partial charge in [-0.1, -0.05) is 40.0 Å². The molecule has 0 heterocycles. The van der Waals surface area contributed by atoms with Gasteiger partial charge in [-0.25, -0.2) is 0 Å². The van der Waals surface area contributed by atoms with Gasteiger partial charge in [-0.15, -0.1) is 0 Å². The van der Waals surface area contributed by atoms with Crippen LogP contribution in [0.5, 0.6) is 0 Å². The standard InChI is InChI=1S/C14H26/c1-4-5-6-12-7-8-13-10(2)9-11(3)14(12)13/h10-14H,4-9H2,1-3H3. The van der Waals surface area contributed by atoms with E-state index in [1.54, 1.807) is 12.8 Å². The first-order valence-corrected chi connectivity index (χ1v) is 6.74. The zero-order valence-electron chi connectivity index (χ0n) is 10.1. The first-order chi connectivity index (χ1) is 6.74. The maximum absolute atomic E-state index is 2.51. The second kappa shape index (κ2) is 4.24. The van der Waals surface area contributed by atoms with Crippen molar-refractivity contribution >= 4 is 0 Å². The molecule has 2 saturated carbocycles. The van der Waals surface area contributed by atoms with Crippen LogP contribution >= 0.6 is 0 Å². The number of hydrogen-bond acceptors (Lipinski definition) is 0. The van der Waals surface area contributed by atoms with Crippen molar-refractivity contribution in [3.8, 4) is 0 Å². The summed E-state index contributed by atoms with van der Waals surface area (Å²) in [6.45, 7) is 7.32. The molecule has 0 bridgehead atoms. The van der Waals surface area contributed by atoms with Crippen LogP contribution in [-0.4, -0.2) is 0 Å². The predicted molar refractivity (Wildman–Crippen MR) is 62.2 cm³/mol. The van der Waals surface area contributed by atoms with E-state index >= 15 is 0 Å². The molecule has 2 aliphatic carbocycles. The maximum Gasteiger partial charge on any atom is -0.0329 e. The van der Waals surface area contributed by atoms with Gasteiger partial charge < -0.3 is 0 Å². The molecule has 82 valence electrons. The minimum absolute atomic E-state index is 1.03. The summed E-state index contributed by atoms with van der Waals surface area (Å²) in [6, 6.07) is 0. The van der Waals surface area contributed by atoms with Crippen LogP contribution in [-0.2, 0) is 0 Å². The summed E-state index contributed by atoms with van der Waals surface area (Å²) in [5, 5.41) is 0. The van der Waals surface area contributed by atoms with Gasteiger partial charge in [0.25, 0.3) is 0 Å². The Kier molecular flexibility index (Phi) is 3.19. The smallest absolute Gasteiger partial charge is 0.0329 e. The highest BCUT2D eigenvalue weighted by atomic mass is 14.5. The first kappa shape index (κ1) is 10.5. The second-order valence-electron chi connectivity index (χ2n) is 5.91. The Hall–Kier alpha value is 0. The van der Waals surface area contributed by atoms with Gasteiger partial charge >= 0.3 is 0 Å². The van der Waals surface area contributed by atoms with Crippen molar-refractivity contribution in [1.82, 2.24) is 0 Å². The Morgan fingerprint density at radius 3 is 2.57 bits per heavy atom. The SMILES string of the molecule is CCCCC1CCC2C(C)CC(C)C12. The van der Waals surface area contributed by atoms with Crippen molar-refractivity contribution in [3.63, 3.8) is 0 Å². The van der Waals surface area contributed by atoms with E-state index in [-0.39, 0.29) is 0 Å². The minimum Gasteiger partial charge on any atom is -0.0654 e. The Morgan fingerprint density at radius 1 is 1.07 bits per heavy atom. The molecule has 0 aromatic heterocycles. The molecule has 0 saturated heterocycles. The van der Waals surface area contributed by atoms with Crippen LogP contribution in [0, 0.1) is 29.6 Å². The summed E-state index contributed by atoms with van der Waals surface area (Å²) in [4.78, 5) is 0. The molecular formula is C14H26. The molecule has 0 heteroatoms. The van der Waals surface area contributed by atoms with Crippen LogP contribution in [0.4, 0.5) is 0 Å². The second-order valence-corrected chi connectivity index (χ2v) is 5.91. The molecule has 2 fully saturated rings. The summed E-state index contributed by atoms with van der Waals surface area (Å²) in [5.74, 6) is 5.37. The Morgan fingerprint density at radius 2 is 1.86 bits per heavy atom. The third-order valence-corrected chi connectivity index (χ3v) is 4.97. The molecule has 5 unspecified atom stereocenters. The van der Waals surface area contributed by atoms with E-state index in [1.807, 2.05) is 0 Å². The van der Waals surface area contributed by atoms with E-state index in [4.69, 9.17) is 0 Å². The molecular weight excluding hydrogens is 168 g/mol. The molecule has 0 amide bonds. The van der Waals surface area contributed by atoms with E-state index < -0.39 is 0 Å². The quantitative estimate of drug-likeness (QED) is 0.621. The van der Waals surface area contributed by atoms with Gasteiger partial charge in [0.2, 0.25) is 0 Å². The summed E-state index contributed by atoms with van der Waals surface area (Å²) in [6.07, 6.45) is 8.98. The average molecular weight is 194 g/mol. The number of fused-ring (bicyclic) bond motifs is 1. The minimum atomic E-state index is 1.03. The molecule has 5 atom stereocenters. The Balaban J connectivity index is 1.95. The molecule has 0 aromatic carbocycles. The third-order valence-electron chi connectivity index (χ3n) is 4.97. The van der Waals surface area contributed by atoms with Crippen molar-refractivity contribution in [2.45, 2.75) is 59.3 Å². The topological polar surface area (TPSA) is 0 Å². The molecule has 0 radical (unpaired) electrons. The van der Waals surface area contributed by atoms with E-state index in [2.05, 4.69) is 20.8 Å². The van der Waals surface area contributed by atoms with Crippen LogP contribution in [0.2, 0.25) is 0 Å². The zero-order valence-corrected chi connectivity index (χ0v) is 10.1. The molecule has 0 nitrogen and oxygen atoms in total. The van der Waals surface area contributed by atoms with Crippen LogP contribution in [0.15, 0.2) is 0 Å². The van der Waals surface area contributed by atoms with Crippen LogP contribution in [0.25, 0.3) is 0 Å². The van der Waals surface area contributed by atoms with E-state index in [9.17, 15) is 0 Å². The summed E-state index contributed by atoms with van der Waals surface area (Å²) < 4.78 is 0. The van der Waals surface area contributed by atoms with Gasteiger partial charge in [0.1, 0.15) is 0 Å².